The number of amides is 1. The largest absolute Gasteiger partial charge is 0.343 e. The fourth-order valence-electron chi connectivity index (χ4n) is 2.93. The van der Waals surface area contributed by atoms with E-state index in [1.54, 1.807) is 41.4 Å². The summed E-state index contributed by atoms with van der Waals surface area (Å²) in [7, 11) is 1.79. The molecule has 0 spiro atoms. The molecule has 0 aromatic carbocycles. The van der Waals surface area contributed by atoms with Crippen LogP contribution >= 0.6 is 0 Å². The molecule has 1 amide bonds. The molecule has 20 heavy (non-hydrogen) atoms. The number of imidazole rings is 1. The number of aromatic nitrogens is 4. The molecular weight excluding hydrogens is 256 g/mol. The van der Waals surface area contributed by atoms with Crippen molar-refractivity contribution in [2.45, 2.75) is 18.9 Å². The number of carbonyl (C=O) groups excluding carboxylic acids is 1. The van der Waals surface area contributed by atoms with Crippen molar-refractivity contribution >= 4 is 17.4 Å². The van der Waals surface area contributed by atoms with Gasteiger partial charge < -0.3 is 9.80 Å². The lowest BCUT2D eigenvalue weighted by molar-refractivity contribution is -0.119. The minimum atomic E-state index is -0.0713. The Morgan fingerprint density at radius 2 is 2.30 bits per heavy atom. The molecule has 0 unspecified atom stereocenters. The molecule has 2 aliphatic rings. The van der Waals surface area contributed by atoms with Crippen molar-refractivity contribution in [3.05, 3.63) is 24.9 Å². The van der Waals surface area contributed by atoms with Crippen molar-refractivity contribution in [2.24, 2.45) is 0 Å². The Morgan fingerprint density at radius 1 is 1.40 bits per heavy atom. The van der Waals surface area contributed by atoms with Crippen molar-refractivity contribution in [3.63, 3.8) is 0 Å². The van der Waals surface area contributed by atoms with Gasteiger partial charge in [0.2, 0.25) is 11.9 Å². The number of hydrogen-bond acceptors (Lipinski definition) is 5. The molecule has 4 heterocycles. The Morgan fingerprint density at radius 3 is 3.10 bits per heavy atom. The van der Waals surface area contributed by atoms with Gasteiger partial charge in [-0.15, -0.1) is 0 Å². The van der Waals surface area contributed by atoms with Crippen LogP contribution in [0.5, 0.6) is 0 Å². The van der Waals surface area contributed by atoms with Gasteiger partial charge in [-0.2, -0.15) is 4.98 Å². The van der Waals surface area contributed by atoms with E-state index < -0.39 is 0 Å². The lowest BCUT2D eigenvalue weighted by Gasteiger charge is -2.36. The van der Waals surface area contributed by atoms with Crippen molar-refractivity contribution < 1.29 is 4.79 Å². The number of hydrogen-bond donors (Lipinski definition) is 0. The first-order valence-corrected chi connectivity index (χ1v) is 6.65. The first-order chi connectivity index (χ1) is 9.75. The van der Waals surface area contributed by atoms with Crippen LogP contribution in [0.1, 0.15) is 12.8 Å². The summed E-state index contributed by atoms with van der Waals surface area (Å²) < 4.78 is 1.77. The number of carbonyl (C=O) groups is 1. The van der Waals surface area contributed by atoms with Crippen molar-refractivity contribution in [2.75, 3.05) is 23.4 Å². The molecule has 2 aromatic heterocycles. The molecule has 0 saturated carbocycles. The first-order valence-electron chi connectivity index (χ1n) is 6.65. The van der Waals surface area contributed by atoms with Crippen LogP contribution in [0, 0.1) is 0 Å². The Bertz CT molecular complexity index is 668. The molecule has 0 aliphatic carbocycles. The van der Waals surface area contributed by atoms with Gasteiger partial charge in [-0.1, -0.05) is 0 Å². The molecule has 2 aliphatic heterocycles. The third-order valence-corrected chi connectivity index (χ3v) is 3.97. The van der Waals surface area contributed by atoms with Gasteiger partial charge in [0.15, 0.2) is 5.82 Å². The van der Waals surface area contributed by atoms with Crippen LogP contribution in [0.15, 0.2) is 24.9 Å². The standard InChI is InChI=1S/C13H14N6O/c1-17-10-7-15-13(18-6-4-14-8-18)16-11(10)19-5-2-3-9(19)12(17)20/h4,6-9H,2-3,5H2,1H3/t9-/m1/s1. The quantitative estimate of drug-likeness (QED) is 0.759. The van der Waals surface area contributed by atoms with E-state index in [2.05, 4.69) is 19.9 Å². The number of nitrogens with zero attached hydrogens (tertiary/aromatic N) is 6. The maximum Gasteiger partial charge on any atom is 0.249 e. The average Bonchev–Trinajstić information content (AvgIpc) is 3.15. The van der Waals surface area contributed by atoms with E-state index >= 15 is 0 Å². The van der Waals surface area contributed by atoms with Gasteiger partial charge in [-0.3, -0.25) is 9.36 Å². The lowest BCUT2D eigenvalue weighted by atomic mass is 10.1. The number of fused-ring (bicyclic) bond motifs is 3. The molecule has 2 aromatic rings. The molecule has 4 rings (SSSR count). The highest BCUT2D eigenvalue weighted by Gasteiger charge is 2.40. The predicted octanol–water partition coefficient (Wildman–Crippen LogP) is 0.607. The minimum absolute atomic E-state index is 0.0713. The summed E-state index contributed by atoms with van der Waals surface area (Å²) in [6.07, 6.45) is 8.80. The molecule has 7 nitrogen and oxygen atoms in total. The highest BCUT2D eigenvalue weighted by Crippen LogP contribution is 2.37. The van der Waals surface area contributed by atoms with E-state index in [4.69, 9.17) is 0 Å². The van der Waals surface area contributed by atoms with Crippen molar-refractivity contribution in [1.29, 1.82) is 0 Å². The van der Waals surface area contributed by atoms with E-state index in [1.807, 2.05) is 0 Å². The maximum atomic E-state index is 12.3. The van der Waals surface area contributed by atoms with E-state index in [-0.39, 0.29) is 11.9 Å². The highest BCUT2D eigenvalue weighted by atomic mass is 16.2. The fraction of sp³-hybridized carbons (Fsp3) is 0.385. The summed E-state index contributed by atoms with van der Waals surface area (Å²) in [6, 6.07) is -0.0713. The topological polar surface area (TPSA) is 67.2 Å². The van der Waals surface area contributed by atoms with Crippen LogP contribution in [0.25, 0.3) is 5.95 Å². The summed E-state index contributed by atoms with van der Waals surface area (Å²) in [6.45, 7) is 0.873. The number of anilines is 2. The summed E-state index contributed by atoms with van der Waals surface area (Å²) >= 11 is 0. The predicted molar refractivity (Wildman–Crippen MR) is 72.9 cm³/mol. The summed E-state index contributed by atoms with van der Waals surface area (Å²) in [5, 5.41) is 0. The molecule has 102 valence electrons. The second-order valence-electron chi connectivity index (χ2n) is 5.10. The summed E-state index contributed by atoms with van der Waals surface area (Å²) in [4.78, 5) is 29.0. The highest BCUT2D eigenvalue weighted by molar-refractivity contribution is 6.04. The Kier molecular flexibility index (Phi) is 2.29. The smallest absolute Gasteiger partial charge is 0.249 e. The maximum absolute atomic E-state index is 12.3. The molecule has 0 bridgehead atoms. The molecule has 0 N–H and O–H groups in total. The zero-order valence-electron chi connectivity index (χ0n) is 11.1. The van der Waals surface area contributed by atoms with E-state index in [0.717, 1.165) is 30.9 Å². The van der Waals surface area contributed by atoms with Crippen LogP contribution in [-0.4, -0.2) is 45.1 Å². The Balaban J connectivity index is 1.86. The van der Waals surface area contributed by atoms with Gasteiger partial charge in [0.1, 0.15) is 18.1 Å². The Labute approximate surface area is 115 Å². The third-order valence-electron chi connectivity index (χ3n) is 3.97. The number of rotatable bonds is 1. The molecular formula is C13H14N6O. The van der Waals surface area contributed by atoms with Crippen molar-refractivity contribution in [3.8, 4) is 5.95 Å². The second-order valence-corrected chi connectivity index (χ2v) is 5.10. The zero-order valence-corrected chi connectivity index (χ0v) is 11.1. The molecule has 0 radical (unpaired) electrons. The lowest BCUT2D eigenvalue weighted by Crippen LogP contribution is -2.49. The zero-order chi connectivity index (χ0) is 13.7. The third kappa shape index (κ3) is 1.46. The van der Waals surface area contributed by atoms with Gasteiger partial charge in [0, 0.05) is 26.0 Å². The average molecular weight is 270 g/mol. The SMILES string of the molecule is CN1C(=O)[C@H]2CCCN2c2nc(-n3ccnc3)ncc21. The van der Waals surface area contributed by atoms with Crippen LogP contribution in [-0.2, 0) is 4.79 Å². The van der Waals surface area contributed by atoms with Gasteiger partial charge in [-0.05, 0) is 12.8 Å². The van der Waals surface area contributed by atoms with Gasteiger partial charge in [-0.25, -0.2) is 9.97 Å². The van der Waals surface area contributed by atoms with Crippen LogP contribution < -0.4 is 9.80 Å². The Hall–Kier alpha value is -2.44. The first kappa shape index (κ1) is 11.4. The van der Waals surface area contributed by atoms with E-state index in [0.29, 0.717) is 5.95 Å². The molecule has 1 fully saturated rings. The second kappa shape index (κ2) is 4.03. The van der Waals surface area contributed by atoms with Gasteiger partial charge in [0.25, 0.3) is 0 Å². The van der Waals surface area contributed by atoms with Crippen LogP contribution in [0.4, 0.5) is 11.5 Å². The monoisotopic (exact) mass is 270 g/mol. The molecule has 7 heteroatoms. The van der Waals surface area contributed by atoms with E-state index in [9.17, 15) is 4.79 Å². The van der Waals surface area contributed by atoms with Crippen LogP contribution in [0.3, 0.4) is 0 Å². The summed E-state index contributed by atoms with van der Waals surface area (Å²) in [5.41, 5.74) is 0.775. The summed E-state index contributed by atoms with van der Waals surface area (Å²) in [5.74, 6) is 1.55. The minimum Gasteiger partial charge on any atom is -0.343 e. The van der Waals surface area contributed by atoms with Gasteiger partial charge in [0.05, 0.1) is 6.20 Å². The van der Waals surface area contributed by atoms with Crippen molar-refractivity contribution in [1.82, 2.24) is 19.5 Å². The van der Waals surface area contributed by atoms with E-state index in [1.165, 1.54) is 0 Å². The molecule has 1 atom stereocenters. The normalized spacial score (nSPS) is 21.1. The van der Waals surface area contributed by atoms with Crippen LogP contribution in [0.2, 0.25) is 0 Å². The molecule has 1 saturated heterocycles. The van der Waals surface area contributed by atoms with Gasteiger partial charge >= 0.3 is 0 Å². The number of likely N-dealkylation sites (N-methyl/N-ethyl adjacent to an activating group) is 1. The fourth-order valence-corrected chi connectivity index (χ4v) is 2.93.